The van der Waals surface area contributed by atoms with Crippen LogP contribution in [0, 0.1) is 11.6 Å². The molecule has 2 rings (SSSR count). The van der Waals surface area contributed by atoms with Gasteiger partial charge in [-0.25, -0.2) is 8.78 Å². The fourth-order valence-electron chi connectivity index (χ4n) is 1.69. The molecule has 24 heavy (non-hydrogen) atoms. The number of carbonyl (C=O) groups excluding carboxylic acids is 1. The maximum Gasteiger partial charge on any atom is 0.153 e. The van der Waals surface area contributed by atoms with Gasteiger partial charge in [0.25, 0.3) is 0 Å². The van der Waals surface area contributed by atoms with E-state index in [2.05, 4.69) is 31.9 Å². The molecule has 8 heteroatoms. The van der Waals surface area contributed by atoms with Crippen LogP contribution in [0.15, 0.2) is 33.2 Å². The molecule has 3 N–H and O–H groups in total. The summed E-state index contributed by atoms with van der Waals surface area (Å²) >= 11 is 6.24. The molecule has 0 fully saturated rings. The molecule has 0 unspecified atom stereocenters. The van der Waals surface area contributed by atoms with Crippen LogP contribution in [0.25, 0.3) is 0 Å². The first-order valence-corrected chi connectivity index (χ1v) is 8.19. The highest BCUT2D eigenvalue weighted by molar-refractivity contribution is 9.10. The number of aliphatic hydroxyl groups excluding tert-OH is 3. The van der Waals surface area contributed by atoms with E-state index in [0.29, 0.717) is 26.4 Å². The quantitative estimate of drug-likeness (QED) is 0.601. The van der Waals surface area contributed by atoms with Crippen LogP contribution in [0.1, 0.15) is 27.0 Å². The molecule has 130 valence electrons. The molecular formula is C16H14Br2F2O4. The number of aliphatic hydroxyl groups is 3. The Bertz CT molecular complexity index is 694. The first kappa shape index (κ1) is 20.9. The van der Waals surface area contributed by atoms with Crippen LogP contribution in [0.4, 0.5) is 8.78 Å². The fourth-order valence-corrected chi connectivity index (χ4v) is 2.69. The Morgan fingerprint density at radius 1 is 0.792 bits per heavy atom. The second kappa shape index (κ2) is 9.95. The zero-order chi connectivity index (χ0) is 18.3. The molecular weight excluding hydrogens is 454 g/mol. The Hall–Kier alpha value is -1.19. The second-order valence-corrected chi connectivity index (χ2v) is 6.30. The smallest absolute Gasteiger partial charge is 0.153 e. The molecule has 0 heterocycles. The summed E-state index contributed by atoms with van der Waals surface area (Å²) in [5.41, 5.74) is 1.11. The minimum atomic E-state index is -0.614. The maximum absolute atomic E-state index is 12.9. The van der Waals surface area contributed by atoms with Crippen molar-refractivity contribution in [2.45, 2.75) is 19.8 Å². The Balaban J connectivity index is 0.000000240. The number of benzene rings is 2. The van der Waals surface area contributed by atoms with Crippen molar-refractivity contribution in [3.05, 3.63) is 67.1 Å². The van der Waals surface area contributed by atoms with Gasteiger partial charge in [-0.2, -0.15) is 0 Å². The summed E-state index contributed by atoms with van der Waals surface area (Å²) in [5.74, 6) is -1.11. The van der Waals surface area contributed by atoms with Gasteiger partial charge in [0.15, 0.2) is 6.29 Å². The summed E-state index contributed by atoms with van der Waals surface area (Å²) in [5, 5.41) is 26.2. The molecule has 0 aromatic heterocycles. The molecule has 0 spiro atoms. The molecule has 4 nitrogen and oxygen atoms in total. The van der Waals surface area contributed by atoms with E-state index >= 15 is 0 Å². The van der Waals surface area contributed by atoms with Gasteiger partial charge in [-0.15, -0.1) is 0 Å². The Morgan fingerprint density at radius 3 is 1.71 bits per heavy atom. The van der Waals surface area contributed by atoms with Crippen molar-refractivity contribution in [1.82, 2.24) is 0 Å². The van der Waals surface area contributed by atoms with Crippen molar-refractivity contribution in [3.8, 4) is 0 Å². The molecule has 0 aliphatic rings. The van der Waals surface area contributed by atoms with Crippen LogP contribution in [-0.2, 0) is 19.8 Å². The zero-order valence-corrected chi connectivity index (χ0v) is 15.4. The minimum Gasteiger partial charge on any atom is -0.392 e. The number of aldehydes is 1. The number of rotatable bonds is 4. The number of halogens is 4. The van der Waals surface area contributed by atoms with Gasteiger partial charge in [-0.3, -0.25) is 4.79 Å². The molecule has 2 aromatic rings. The van der Waals surface area contributed by atoms with Crippen LogP contribution in [0.3, 0.4) is 0 Å². The normalized spacial score (nSPS) is 10.1. The van der Waals surface area contributed by atoms with Gasteiger partial charge in [-0.1, -0.05) is 31.9 Å². The predicted octanol–water partition coefficient (Wildman–Crippen LogP) is 3.47. The lowest BCUT2D eigenvalue weighted by atomic mass is 10.1. The summed E-state index contributed by atoms with van der Waals surface area (Å²) in [7, 11) is 0. The van der Waals surface area contributed by atoms with Crippen molar-refractivity contribution >= 4 is 38.1 Å². The molecule has 0 aliphatic carbocycles. The highest BCUT2D eigenvalue weighted by atomic mass is 79.9. The van der Waals surface area contributed by atoms with Crippen molar-refractivity contribution in [2.24, 2.45) is 0 Å². The number of carbonyl (C=O) groups is 1. The van der Waals surface area contributed by atoms with Gasteiger partial charge in [-0.05, 0) is 35.4 Å². The Labute approximate surface area is 154 Å². The predicted molar refractivity (Wildman–Crippen MR) is 91.4 cm³/mol. The van der Waals surface area contributed by atoms with Crippen molar-refractivity contribution in [3.63, 3.8) is 0 Å². The number of hydrogen-bond acceptors (Lipinski definition) is 4. The van der Waals surface area contributed by atoms with Crippen molar-refractivity contribution in [2.75, 3.05) is 0 Å². The van der Waals surface area contributed by atoms with Gasteiger partial charge in [0, 0.05) is 14.5 Å². The van der Waals surface area contributed by atoms with E-state index in [0.717, 1.165) is 6.07 Å². The molecule has 0 amide bonds. The molecule has 0 saturated carbocycles. The average Bonchev–Trinajstić information content (AvgIpc) is 2.58. The summed E-state index contributed by atoms with van der Waals surface area (Å²) in [4.78, 5) is 10.3. The largest absolute Gasteiger partial charge is 0.392 e. The van der Waals surface area contributed by atoms with Crippen molar-refractivity contribution < 1.29 is 28.9 Å². The summed E-state index contributed by atoms with van der Waals surface area (Å²) < 4.78 is 26.9. The summed E-state index contributed by atoms with van der Waals surface area (Å²) in [6, 6.07) is 5.14. The fraction of sp³-hybridized carbons (Fsp3) is 0.188. The van der Waals surface area contributed by atoms with Crippen molar-refractivity contribution in [1.29, 1.82) is 0 Å². The molecule has 0 bridgehead atoms. The Morgan fingerprint density at radius 2 is 1.25 bits per heavy atom. The zero-order valence-electron chi connectivity index (χ0n) is 12.3. The van der Waals surface area contributed by atoms with E-state index in [1.807, 2.05) is 0 Å². The van der Waals surface area contributed by atoms with E-state index < -0.39 is 11.6 Å². The first-order chi connectivity index (χ1) is 11.4. The lowest BCUT2D eigenvalue weighted by Gasteiger charge is -2.04. The molecule has 0 atom stereocenters. The van der Waals surface area contributed by atoms with Gasteiger partial charge in [0.05, 0.1) is 25.4 Å². The van der Waals surface area contributed by atoms with Crippen LogP contribution in [-0.4, -0.2) is 21.6 Å². The monoisotopic (exact) mass is 466 g/mol. The lowest BCUT2D eigenvalue weighted by molar-refractivity contribution is 0.111. The summed E-state index contributed by atoms with van der Waals surface area (Å²) in [6.45, 7) is -0.810. The molecule has 2 aromatic carbocycles. The van der Waals surface area contributed by atoms with Crippen LogP contribution in [0.5, 0.6) is 0 Å². The topological polar surface area (TPSA) is 77.8 Å². The molecule has 0 saturated heterocycles. The SMILES string of the molecule is O=Cc1cc(Br)c(CO)cc1F.OCc1cc(Br)c(CO)cc1F. The van der Waals surface area contributed by atoms with Crippen LogP contribution < -0.4 is 0 Å². The van der Waals surface area contributed by atoms with E-state index in [1.165, 1.54) is 18.2 Å². The van der Waals surface area contributed by atoms with E-state index in [9.17, 15) is 13.6 Å². The maximum atomic E-state index is 12.9. The van der Waals surface area contributed by atoms with Gasteiger partial charge in [0.1, 0.15) is 11.6 Å². The first-order valence-electron chi connectivity index (χ1n) is 6.60. The van der Waals surface area contributed by atoms with Crippen LogP contribution >= 0.6 is 31.9 Å². The minimum absolute atomic E-state index is 0.0147. The van der Waals surface area contributed by atoms with E-state index in [-0.39, 0.29) is 30.9 Å². The lowest BCUT2D eigenvalue weighted by Crippen LogP contribution is -1.94. The van der Waals surface area contributed by atoms with E-state index in [1.54, 1.807) is 0 Å². The Kier molecular flexibility index (Phi) is 8.65. The third-order valence-corrected chi connectivity index (χ3v) is 4.50. The van der Waals surface area contributed by atoms with Crippen LogP contribution in [0.2, 0.25) is 0 Å². The molecule has 0 aliphatic heterocycles. The van der Waals surface area contributed by atoms with Gasteiger partial charge >= 0.3 is 0 Å². The van der Waals surface area contributed by atoms with E-state index in [4.69, 9.17) is 15.3 Å². The standard InChI is InChI=1S/C8H8BrFO2.C8H6BrFO2/c2*9-7-1-6(4-12)8(10)2-5(7)3-11/h1-2,11-12H,3-4H2;1-2,4,11H,3H2. The second-order valence-electron chi connectivity index (χ2n) is 4.59. The third-order valence-electron chi connectivity index (χ3n) is 3.02. The molecule has 0 radical (unpaired) electrons. The van der Waals surface area contributed by atoms with Gasteiger partial charge in [0.2, 0.25) is 0 Å². The van der Waals surface area contributed by atoms with Gasteiger partial charge < -0.3 is 15.3 Å². The third kappa shape index (κ3) is 5.42. The summed E-state index contributed by atoms with van der Waals surface area (Å²) in [6.07, 6.45) is 0.432. The average molecular weight is 468 g/mol. The number of hydrogen-bond donors (Lipinski definition) is 3. The highest BCUT2D eigenvalue weighted by Gasteiger charge is 2.07. The highest BCUT2D eigenvalue weighted by Crippen LogP contribution is 2.21.